The molecule has 4 nitrogen and oxygen atoms in total. The molecule has 2 aromatic carbocycles. The molecule has 0 fully saturated rings. The third kappa shape index (κ3) is 4.07. The van der Waals surface area contributed by atoms with Crippen molar-refractivity contribution < 1.29 is 9.53 Å². The Morgan fingerprint density at radius 2 is 1.95 bits per heavy atom. The Hall–Kier alpha value is -2.33. The van der Waals surface area contributed by atoms with Crippen molar-refractivity contribution in [1.29, 1.82) is 0 Å². The highest BCUT2D eigenvalue weighted by atomic mass is 16.5. The molecule has 2 rings (SSSR count). The monoisotopic (exact) mass is 284 g/mol. The van der Waals surface area contributed by atoms with Gasteiger partial charge in [0.2, 0.25) is 5.91 Å². The summed E-state index contributed by atoms with van der Waals surface area (Å²) < 4.78 is 5.23. The molecule has 0 bridgehead atoms. The minimum atomic E-state index is -0.403. The van der Waals surface area contributed by atoms with Crippen LogP contribution < -0.4 is 15.8 Å². The lowest BCUT2D eigenvalue weighted by Gasteiger charge is -2.15. The highest BCUT2D eigenvalue weighted by molar-refractivity contribution is 5.92. The molecule has 1 unspecified atom stereocenters. The fourth-order valence-electron chi connectivity index (χ4n) is 2.09. The fourth-order valence-corrected chi connectivity index (χ4v) is 2.09. The number of nitrogens with two attached hydrogens (primary N) is 1. The van der Waals surface area contributed by atoms with Gasteiger partial charge in [-0.2, -0.15) is 0 Å². The summed E-state index contributed by atoms with van der Waals surface area (Å²) in [6.07, 6.45) is 0. The van der Waals surface area contributed by atoms with Crippen LogP contribution >= 0.6 is 0 Å². The molecule has 1 atom stereocenters. The number of nitrogens with one attached hydrogen (secondary N) is 1. The average Bonchev–Trinajstić information content (AvgIpc) is 2.53. The van der Waals surface area contributed by atoms with E-state index >= 15 is 0 Å². The quantitative estimate of drug-likeness (QED) is 0.857. The summed E-state index contributed by atoms with van der Waals surface area (Å²) in [5.74, 6) is 0.450. The average molecular weight is 284 g/mol. The minimum Gasteiger partial charge on any atom is -0.497 e. The minimum absolute atomic E-state index is 0.205. The second-order valence-electron chi connectivity index (χ2n) is 4.94. The largest absolute Gasteiger partial charge is 0.497 e. The molecule has 0 aliphatic heterocycles. The van der Waals surface area contributed by atoms with Crippen LogP contribution in [0.15, 0.2) is 48.5 Å². The number of ether oxygens (including phenoxy) is 1. The van der Waals surface area contributed by atoms with Gasteiger partial charge < -0.3 is 15.8 Å². The number of carbonyl (C=O) groups excluding carboxylic acids is 1. The maximum absolute atomic E-state index is 11.0. The highest BCUT2D eigenvalue weighted by Gasteiger charge is 2.06. The van der Waals surface area contributed by atoms with Crippen molar-refractivity contribution in [2.45, 2.75) is 19.5 Å². The van der Waals surface area contributed by atoms with Gasteiger partial charge in [0, 0.05) is 18.2 Å². The van der Waals surface area contributed by atoms with E-state index in [-0.39, 0.29) is 6.04 Å². The van der Waals surface area contributed by atoms with Crippen molar-refractivity contribution in [3.05, 3.63) is 65.2 Å². The first kappa shape index (κ1) is 15.1. The lowest BCUT2D eigenvalue weighted by atomic mass is 10.1. The zero-order chi connectivity index (χ0) is 15.2. The predicted molar refractivity (Wildman–Crippen MR) is 83.2 cm³/mol. The van der Waals surface area contributed by atoms with Gasteiger partial charge in [0.25, 0.3) is 0 Å². The number of hydrogen-bond acceptors (Lipinski definition) is 3. The Balaban J connectivity index is 1.96. The third-order valence-electron chi connectivity index (χ3n) is 3.44. The Labute approximate surface area is 124 Å². The standard InChI is InChI=1S/C17H20N2O2/c1-12(15-4-3-5-16(10-15)21-2)19-11-13-6-8-14(9-7-13)17(18)20/h3-10,12,19H,11H2,1-2H3,(H2,18,20). The van der Waals surface area contributed by atoms with E-state index in [1.807, 2.05) is 30.3 Å². The lowest BCUT2D eigenvalue weighted by molar-refractivity contribution is 0.100. The molecular formula is C17H20N2O2. The summed E-state index contributed by atoms with van der Waals surface area (Å²) in [5.41, 5.74) is 8.03. The second kappa shape index (κ2) is 6.90. The predicted octanol–water partition coefficient (Wildman–Crippen LogP) is 2.64. The molecule has 1 amide bonds. The van der Waals surface area contributed by atoms with Crippen LogP contribution in [0.5, 0.6) is 5.75 Å². The Kier molecular flexibility index (Phi) is 4.95. The van der Waals surface area contributed by atoms with E-state index < -0.39 is 5.91 Å². The van der Waals surface area contributed by atoms with Gasteiger partial charge in [-0.05, 0) is 42.3 Å². The van der Waals surface area contributed by atoms with Gasteiger partial charge in [-0.15, -0.1) is 0 Å². The topological polar surface area (TPSA) is 64.3 Å². The molecule has 0 spiro atoms. The molecule has 0 aromatic heterocycles. The zero-order valence-electron chi connectivity index (χ0n) is 12.3. The van der Waals surface area contributed by atoms with Gasteiger partial charge in [-0.25, -0.2) is 0 Å². The molecule has 0 saturated carbocycles. The van der Waals surface area contributed by atoms with Gasteiger partial charge in [0.05, 0.1) is 7.11 Å². The SMILES string of the molecule is COc1cccc(C(C)NCc2ccc(C(N)=O)cc2)c1. The van der Waals surface area contributed by atoms with Crippen LogP contribution in [-0.2, 0) is 6.54 Å². The van der Waals surface area contributed by atoms with Crippen molar-refractivity contribution in [3.8, 4) is 5.75 Å². The van der Waals surface area contributed by atoms with E-state index in [4.69, 9.17) is 10.5 Å². The Morgan fingerprint density at radius 1 is 1.24 bits per heavy atom. The number of primary amides is 1. The summed E-state index contributed by atoms with van der Waals surface area (Å²) in [6.45, 7) is 2.82. The summed E-state index contributed by atoms with van der Waals surface area (Å²) in [6, 6.07) is 15.5. The number of benzene rings is 2. The first-order chi connectivity index (χ1) is 10.1. The van der Waals surface area contributed by atoms with Gasteiger partial charge in [-0.1, -0.05) is 24.3 Å². The lowest BCUT2D eigenvalue weighted by Crippen LogP contribution is -2.18. The molecule has 21 heavy (non-hydrogen) atoms. The van der Waals surface area contributed by atoms with Gasteiger partial charge in [-0.3, -0.25) is 4.79 Å². The van der Waals surface area contributed by atoms with Crippen molar-refractivity contribution in [1.82, 2.24) is 5.32 Å². The normalized spacial score (nSPS) is 11.9. The highest BCUT2D eigenvalue weighted by Crippen LogP contribution is 2.19. The molecule has 110 valence electrons. The van der Waals surface area contributed by atoms with E-state index in [0.29, 0.717) is 5.56 Å². The number of carbonyl (C=O) groups is 1. The second-order valence-corrected chi connectivity index (χ2v) is 4.94. The van der Waals surface area contributed by atoms with Crippen molar-refractivity contribution in [2.75, 3.05) is 7.11 Å². The maximum atomic E-state index is 11.0. The first-order valence-electron chi connectivity index (χ1n) is 6.86. The van der Waals surface area contributed by atoms with E-state index in [1.54, 1.807) is 19.2 Å². The molecular weight excluding hydrogens is 264 g/mol. The van der Waals surface area contributed by atoms with Crippen LogP contribution in [0.4, 0.5) is 0 Å². The van der Waals surface area contributed by atoms with Crippen LogP contribution in [0.3, 0.4) is 0 Å². The van der Waals surface area contributed by atoms with E-state index in [2.05, 4.69) is 18.3 Å². The van der Waals surface area contributed by atoms with Crippen molar-refractivity contribution >= 4 is 5.91 Å². The summed E-state index contributed by atoms with van der Waals surface area (Å²) in [5, 5.41) is 3.44. The Morgan fingerprint density at radius 3 is 2.57 bits per heavy atom. The molecule has 0 aliphatic carbocycles. The molecule has 0 heterocycles. The third-order valence-corrected chi connectivity index (χ3v) is 3.44. The summed E-state index contributed by atoms with van der Waals surface area (Å²) in [7, 11) is 1.66. The number of methoxy groups -OCH3 is 1. The molecule has 4 heteroatoms. The number of hydrogen-bond donors (Lipinski definition) is 2. The van der Waals surface area contributed by atoms with E-state index in [1.165, 1.54) is 5.56 Å². The summed E-state index contributed by atoms with van der Waals surface area (Å²) >= 11 is 0. The van der Waals surface area contributed by atoms with Gasteiger partial charge in [0.1, 0.15) is 5.75 Å². The molecule has 0 aliphatic rings. The molecule has 3 N–H and O–H groups in total. The van der Waals surface area contributed by atoms with Crippen LogP contribution in [0, 0.1) is 0 Å². The first-order valence-corrected chi connectivity index (χ1v) is 6.86. The molecule has 2 aromatic rings. The van der Waals surface area contributed by atoms with Crippen LogP contribution in [0.25, 0.3) is 0 Å². The smallest absolute Gasteiger partial charge is 0.248 e. The zero-order valence-corrected chi connectivity index (χ0v) is 12.3. The Bertz CT molecular complexity index is 608. The van der Waals surface area contributed by atoms with Crippen LogP contribution in [0.1, 0.15) is 34.5 Å². The van der Waals surface area contributed by atoms with E-state index in [9.17, 15) is 4.79 Å². The maximum Gasteiger partial charge on any atom is 0.248 e. The molecule has 0 saturated heterocycles. The van der Waals surface area contributed by atoms with E-state index in [0.717, 1.165) is 17.9 Å². The number of rotatable bonds is 6. The van der Waals surface area contributed by atoms with Crippen LogP contribution in [0.2, 0.25) is 0 Å². The fraction of sp³-hybridized carbons (Fsp3) is 0.235. The van der Waals surface area contributed by atoms with Crippen LogP contribution in [-0.4, -0.2) is 13.0 Å². The van der Waals surface area contributed by atoms with Crippen molar-refractivity contribution in [2.24, 2.45) is 5.73 Å². The van der Waals surface area contributed by atoms with Crippen molar-refractivity contribution in [3.63, 3.8) is 0 Å². The molecule has 0 radical (unpaired) electrons. The van der Waals surface area contributed by atoms with Gasteiger partial charge in [0.15, 0.2) is 0 Å². The summed E-state index contributed by atoms with van der Waals surface area (Å²) in [4.78, 5) is 11.0. The van der Waals surface area contributed by atoms with Gasteiger partial charge >= 0.3 is 0 Å². The number of amides is 1.